The number of nitrogens with zero attached hydrogens (tertiary/aromatic N) is 2. The van der Waals surface area contributed by atoms with Crippen LogP contribution in [0.4, 0.5) is 5.69 Å². The normalized spacial score (nSPS) is 12.2. The van der Waals surface area contributed by atoms with Crippen LogP contribution < -0.4 is 0 Å². The van der Waals surface area contributed by atoms with Gasteiger partial charge in [0.05, 0.1) is 4.92 Å². The standard InChI is InChI=1S/C17H24N2O5.CH4O.O.V/c1-16(2,3)12-8-11(19(23)24)7-10(13(12)20)9-18-14(15(21)22)17(4,5)6;1-2;;/h7-9,14,20H,1-6H3,(H,21,22);2H,1H3;;/t14-;;;/m1.../s1. The number of aliphatic carboxylic acids is 1. The van der Waals surface area contributed by atoms with Gasteiger partial charge in [0.25, 0.3) is 5.69 Å². The monoisotopic (exact) mass is 435 g/mol. The second-order valence-corrected chi connectivity index (χ2v) is 7.82. The quantitative estimate of drug-likeness (QED) is 0.374. The second kappa shape index (κ2) is 11.7. The molecular formula is C18H28N2O7V. The molecule has 0 radical (unpaired) electrons. The Morgan fingerprint density at radius 1 is 1.18 bits per heavy atom. The average molecular weight is 435 g/mol. The topological polar surface area (TPSA) is 150 Å². The molecule has 1 atom stereocenters. The second-order valence-electron chi connectivity index (χ2n) is 7.82. The molecule has 157 valence electrons. The Morgan fingerprint density at radius 2 is 1.64 bits per heavy atom. The van der Waals surface area contributed by atoms with E-state index in [1.165, 1.54) is 18.3 Å². The van der Waals surface area contributed by atoms with Gasteiger partial charge in [-0.3, -0.25) is 15.1 Å². The van der Waals surface area contributed by atoms with Crippen LogP contribution in [0.2, 0.25) is 0 Å². The molecule has 0 saturated heterocycles. The number of phenolic OH excluding ortho intramolecular Hbond substituents is 1. The number of non-ortho nitro benzene ring substituents is 1. The van der Waals surface area contributed by atoms with Crippen molar-refractivity contribution in [3.8, 4) is 5.75 Å². The molecule has 0 amide bonds. The summed E-state index contributed by atoms with van der Waals surface area (Å²) < 4.78 is 8.19. The van der Waals surface area contributed by atoms with E-state index in [2.05, 4.69) is 4.99 Å². The van der Waals surface area contributed by atoms with Crippen LogP contribution in [0.3, 0.4) is 0 Å². The van der Waals surface area contributed by atoms with Crippen LogP contribution >= 0.6 is 0 Å². The van der Waals surface area contributed by atoms with Gasteiger partial charge in [-0.2, -0.15) is 0 Å². The summed E-state index contributed by atoms with van der Waals surface area (Å²) in [5, 5.41) is 37.9. The number of phenols is 1. The van der Waals surface area contributed by atoms with Crippen molar-refractivity contribution in [3.63, 3.8) is 0 Å². The van der Waals surface area contributed by atoms with Gasteiger partial charge in [0.1, 0.15) is 5.75 Å². The van der Waals surface area contributed by atoms with Crippen molar-refractivity contribution in [2.24, 2.45) is 10.4 Å². The Bertz CT molecular complexity index is 707. The minimum atomic E-state index is -1.10. The van der Waals surface area contributed by atoms with Gasteiger partial charge in [-0.25, -0.2) is 4.79 Å². The summed E-state index contributed by atoms with van der Waals surface area (Å²) in [5.74, 6) is -1.23. The summed E-state index contributed by atoms with van der Waals surface area (Å²) in [4.78, 5) is 26.0. The number of carbonyl (C=O) groups is 1. The van der Waals surface area contributed by atoms with Gasteiger partial charge in [-0.1, -0.05) is 41.5 Å². The van der Waals surface area contributed by atoms with Gasteiger partial charge in [-0.05, 0) is 10.8 Å². The molecule has 10 heteroatoms. The fourth-order valence-corrected chi connectivity index (χ4v) is 2.23. The van der Waals surface area contributed by atoms with Crippen molar-refractivity contribution in [1.82, 2.24) is 0 Å². The number of aromatic hydroxyl groups is 1. The summed E-state index contributed by atoms with van der Waals surface area (Å²) in [6.45, 7) is 10.7. The van der Waals surface area contributed by atoms with Crippen molar-refractivity contribution in [1.29, 1.82) is 0 Å². The number of benzene rings is 1. The van der Waals surface area contributed by atoms with Crippen LogP contribution in [0.5, 0.6) is 5.75 Å². The predicted octanol–water partition coefficient (Wildman–Crippen LogP) is 3.00. The van der Waals surface area contributed by atoms with Gasteiger partial charge in [0.15, 0.2) is 6.04 Å². The van der Waals surface area contributed by atoms with E-state index in [4.69, 9.17) is 8.78 Å². The Morgan fingerprint density at radius 3 is 1.96 bits per heavy atom. The van der Waals surface area contributed by atoms with Crippen LogP contribution in [0.15, 0.2) is 17.1 Å². The number of aliphatic imine (C=N–C) groups is 1. The SMILES string of the molecule is CC(C)(C)c1cc([N+](=O)[O-])cc(C=N[C@H](C(=O)O)C(C)(C)C)c1O.CO.[O]=[V]. The van der Waals surface area contributed by atoms with Gasteiger partial charge in [0.2, 0.25) is 0 Å². The molecule has 0 aliphatic rings. The summed E-state index contributed by atoms with van der Waals surface area (Å²) >= 11 is 1.06. The van der Waals surface area contributed by atoms with Gasteiger partial charge in [-0.15, -0.1) is 0 Å². The molecule has 0 unspecified atom stereocenters. The number of carboxylic acid groups (broad SMARTS) is 1. The van der Waals surface area contributed by atoms with Gasteiger partial charge < -0.3 is 15.3 Å². The summed E-state index contributed by atoms with van der Waals surface area (Å²) in [7, 11) is 1.00. The third-order valence-electron chi connectivity index (χ3n) is 3.56. The zero-order chi connectivity index (χ0) is 22.9. The van der Waals surface area contributed by atoms with Crippen molar-refractivity contribution < 1.29 is 46.1 Å². The number of nitro benzene ring substituents is 1. The van der Waals surface area contributed by atoms with E-state index in [1.54, 1.807) is 20.8 Å². The Labute approximate surface area is 173 Å². The summed E-state index contributed by atoms with van der Waals surface area (Å²) in [6, 6.07) is 1.48. The molecule has 0 spiro atoms. The average Bonchev–Trinajstić information content (AvgIpc) is 2.57. The summed E-state index contributed by atoms with van der Waals surface area (Å²) in [6.07, 6.45) is 1.20. The van der Waals surface area contributed by atoms with E-state index >= 15 is 0 Å². The van der Waals surface area contributed by atoms with E-state index in [0.717, 1.165) is 24.5 Å². The predicted molar refractivity (Wildman–Crippen MR) is 101 cm³/mol. The van der Waals surface area contributed by atoms with Crippen LogP contribution in [-0.4, -0.2) is 45.6 Å². The van der Waals surface area contributed by atoms with Crippen LogP contribution in [0.1, 0.15) is 52.7 Å². The molecule has 0 heterocycles. The molecule has 0 fully saturated rings. The number of rotatable bonds is 4. The van der Waals surface area contributed by atoms with Crippen molar-refractivity contribution >= 4 is 17.9 Å². The van der Waals surface area contributed by atoms with E-state index in [0.29, 0.717) is 5.56 Å². The molecule has 0 aliphatic heterocycles. The molecule has 0 saturated carbocycles. The van der Waals surface area contributed by atoms with E-state index < -0.39 is 27.8 Å². The molecule has 28 heavy (non-hydrogen) atoms. The molecule has 0 bridgehead atoms. The van der Waals surface area contributed by atoms with Crippen LogP contribution in [-0.2, 0) is 31.3 Å². The number of hydrogen-bond acceptors (Lipinski definition) is 7. The van der Waals surface area contributed by atoms with Crippen molar-refractivity contribution in [2.75, 3.05) is 7.11 Å². The number of nitro groups is 1. The zero-order valence-corrected chi connectivity index (χ0v) is 18.5. The van der Waals surface area contributed by atoms with E-state index in [9.17, 15) is 25.1 Å². The fourth-order valence-electron chi connectivity index (χ4n) is 2.23. The number of hydrogen-bond donors (Lipinski definition) is 3. The van der Waals surface area contributed by atoms with E-state index in [-0.39, 0.29) is 17.0 Å². The van der Waals surface area contributed by atoms with Gasteiger partial charge >= 0.3 is 27.0 Å². The molecule has 3 N–H and O–H groups in total. The molecule has 9 nitrogen and oxygen atoms in total. The fraction of sp³-hybridized carbons (Fsp3) is 0.556. The molecule has 1 aromatic rings. The maximum atomic E-state index is 11.4. The van der Waals surface area contributed by atoms with Crippen LogP contribution in [0.25, 0.3) is 0 Å². The number of aliphatic hydroxyl groups excluding tert-OH is 1. The maximum absolute atomic E-state index is 11.4. The Hall–Kier alpha value is -2.10. The first-order valence-corrected chi connectivity index (χ1v) is 8.73. The third kappa shape index (κ3) is 8.29. The Kier molecular flexibility index (Phi) is 11.7. The molecule has 0 aliphatic carbocycles. The summed E-state index contributed by atoms with van der Waals surface area (Å²) in [5.41, 5.74) is -0.798. The third-order valence-corrected chi connectivity index (χ3v) is 3.56. The number of aliphatic hydroxyl groups is 1. The van der Waals surface area contributed by atoms with Crippen LogP contribution in [0, 0.1) is 15.5 Å². The molecular weight excluding hydrogens is 407 g/mol. The first-order valence-electron chi connectivity index (χ1n) is 8.16. The zero-order valence-electron chi connectivity index (χ0n) is 17.1. The van der Waals surface area contributed by atoms with E-state index in [1.807, 2.05) is 20.8 Å². The number of carboxylic acids is 1. The molecule has 1 rings (SSSR count). The molecule has 1 aromatic carbocycles. The minimum absolute atomic E-state index is 0.129. The first kappa shape index (κ1) is 28.1. The molecule has 0 aromatic heterocycles. The van der Waals surface area contributed by atoms with Crippen molar-refractivity contribution in [3.05, 3.63) is 33.4 Å². The Balaban J connectivity index is 0. The first-order chi connectivity index (χ1) is 12.7. The van der Waals surface area contributed by atoms with Gasteiger partial charge in [0, 0.05) is 36.6 Å². The van der Waals surface area contributed by atoms with Crippen molar-refractivity contribution in [2.45, 2.75) is 53.0 Å².